The van der Waals surface area contributed by atoms with Crippen LogP contribution < -0.4 is 10.1 Å². The molecular formula is C21H23N3O2. The second-order valence-corrected chi connectivity index (χ2v) is 6.31. The lowest BCUT2D eigenvalue weighted by Gasteiger charge is -2.10. The van der Waals surface area contributed by atoms with Crippen LogP contribution in [0.4, 0.5) is 0 Å². The van der Waals surface area contributed by atoms with Crippen LogP contribution >= 0.6 is 0 Å². The molecule has 1 heterocycles. The zero-order valence-electron chi connectivity index (χ0n) is 15.1. The van der Waals surface area contributed by atoms with Crippen LogP contribution in [0, 0.1) is 0 Å². The number of benzene rings is 2. The maximum atomic E-state index is 12.2. The lowest BCUT2D eigenvalue weighted by Crippen LogP contribution is -2.25. The third-order valence-electron chi connectivity index (χ3n) is 3.89. The Bertz CT molecular complexity index is 823. The van der Waals surface area contributed by atoms with Crippen molar-refractivity contribution in [1.29, 1.82) is 0 Å². The Kier molecular flexibility index (Phi) is 5.69. The zero-order chi connectivity index (χ0) is 18.4. The summed E-state index contributed by atoms with van der Waals surface area (Å²) >= 11 is 0. The minimum atomic E-state index is -0.0748. The van der Waals surface area contributed by atoms with E-state index in [9.17, 15) is 4.79 Å². The molecule has 0 aliphatic rings. The molecular weight excluding hydrogens is 326 g/mol. The zero-order valence-corrected chi connectivity index (χ0v) is 15.1. The van der Waals surface area contributed by atoms with E-state index in [4.69, 9.17) is 4.74 Å². The lowest BCUT2D eigenvalue weighted by atomic mass is 10.1. The highest BCUT2D eigenvalue weighted by Gasteiger charge is 2.06. The molecule has 3 aromatic rings. The first kappa shape index (κ1) is 17.7. The third-order valence-corrected chi connectivity index (χ3v) is 3.89. The summed E-state index contributed by atoms with van der Waals surface area (Å²) in [6.45, 7) is 4.54. The number of rotatable bonds is 7. The smallest absolute Gasteiger partial charge is 0.251 e. The first-order valence-electron chi connectivity index (χ1n) is 8.76. The molecule has 1 aromatic heterocycles. The van der Waals surface area contributed by atoms with E-state index < -0.39 is 0 Å². The maximum absolute atomic E-state index is 12.2. The summed E-state index contributed by atoms with van der Waals surface area (Å²) in [4.78, 5) is 12.2. The van der Waals surface area contributed by atoms with Gasteiger partial charge in [-0.05, 0) is 68.3 Å². The Morgan fingerprint density at radius 3 is 2.46 bits per heavy atom. The fourth-order valence-corrected chi connectivity index (χ4v) is 2.62. The summed E-state index contributed by atoms with van der Waals surface area (Å²) in [6.07, 6.45) is 4.56. The summed E-state index contributed by atoms with van der Waals surface area (Å²) in [5.74, 6) is 0.697. The fourth-order valence-electron chi connectivity index (χ4n) is 2.62. The standard InChI is InChI=1S/C21H23N3O2/c1-16(2)26-20-10-6-18(7-11-20)21(25)22-14-12-17-4-8-19(9-5-17)24-15-3-13-23-24/h3-11,13,15-16H,12,14H2,1-2H3,(H,22,25). The van der Waals surface area contributed by atoms with Gasteiger partial charge in [-0.15, -0.1) is 0 Å². The average Bonchev–Trinajstić information content (AvgIpc) is 3.17. The lowest BCUT2D eigenvalue weighted by molar-refractivity contribution is 0.0954. The van der Waals surface area contributed by atoms with Crippen LogP contribution in [0.1, 0.15) is 29.8 Å². The topological polar surface area (TPSA) is 56.1 Å². The first-order valence-corrected chi connectivity index (χ1v) is 8.76. The Labute approximate surface area is 153 Å². The Hall–Kier alpha value is -3.08. The van der Waals surface area contributed by atoms with Gasteiger partial charge in [0.05, 0.1) is 11.8 Å². The molecule has 26 heavy (non-hydrogen) atoms. The molecule has 0 saturated heterocycles. The van der Waals surface area contributed by atoms with E-state index in [-0.39, 0.29) is 12.0 Å². The van der Waals surface area contributed by atoms with Crippen LogP contribution in [0.5, 0.6) is 5.75 Å². The Morgan fingerprint density at radius 2 is 1.85 bits per heavy atom. The molecule has 1 amide bonds. The number of hydrogen-bond donors (Lipinski definition) is 1. The van der Waals surface area contributed by atoms with Crippen molar-refractivity contribution in [3.63, 3.8) is 0 Å². The number of carbonyl (C=O) groups excluding carboxylic acids is 1. The molecule has 5 heteroatoms. The summed E-state index contributed by atoms with van der Waals surface area (Å²) in [6, 6.07) is 17.3. The minimum absolute atomic E-state index is 0.0748. The van der Waals surface area contributed by atoms with Gasteiger partial charge in [0, 0.05) is 24.5 Å². The summed E-state index contributed by atoms with van der Waals surface area (Å²) in [5, 5.41) is 7.16. The molecule has 2 aromatic carbocycles. The third kappa shape index (κ3) is 4.72. The molecule has 0 fully saturated rings. The average molecular weight is 349 g/mol. The first-order chi connectivity index (χ1) is 12.6. The van der Waals surface area contributed by atoms with Crippen molar-refractivity contribution < 1.29 is 9.53 Å². The second-order valence-electron chi connectivity index (χ2n) is 6.31. The summed E-state index contributed by atoms with van der Waals surface area (Å²) in [5.41, 5.74) is 2.82. The molecule has 0 bridgehead atoms. The van der Waals surface area contributed by atoms with Crippen LogP contribution in [-0.4, -0.2) is 28.3 Å². The van der Waals surface area contributed by atoms with E-state index >= 15 is 0 Å². The highest BCUT2D eigenvalue weighted by Crippen LogP contribution is 2.14. The largest absolute Gasteiger partial charge is 0.491 e. The van der Waals surface area contributed by atoms with Gasteiger partial charge in [0.1, 0.15) is 5.75 Å². The van der Waals surface area contributed by atoms with Gasteiger partial charge in [-0.25, -0.2) is 4.68 Å². The van der Waals surface area contributed by atoms with Crippen LogP contribution in [0.3, 0.4) is 0 Å². The molecule has 0 aliphatic carbocycles. The van der Waals surface area contributed by atoms with Crippen molar-refractivity contribution in [1.82, 2.24) is 15.1 Å². The number of aromatic nitrogens is 2. The summed E-state index contributed by atoms with van der Waals surface area (Å²) < 4.78 is 7.40. The monoisotopic (exact) mass is 349 g/mol. The predicted molar refractivity (Wildman–Crippen MR) is 102 cm³/mol. The number of nitrogens with zero attached hydrogens (tertiary/aromatic N) is 2. The number of hydrogen-bond acceptors (Lipinski definition) is 3. The van der Waals surface area contributed by atoms with Gasteiger partial charge in [-0.1, -0.05) is 12.1 Å². The van der Waals surface area contributed by atoms with Gasteiger partial charge < -0.3 is 10.1 Å². The van der Waals surface area contributed by atoms with Gasteiger partial charge in [0.2, 0.25) is 0 Å². The van der Waals surface area contributed by atoms with E-state index in [2.05, 4.69) is 22.5 Å². The van der Waals surface area contributed by atoms with Gasteiger partial charge in [-0.3, -0.25) is 4.79 Å². The molecule has 0 unspecified atom stereocenters. The second kappa shape index (κ2) is 8.34. The molecule has 134 valence electrons. The quantitative estimate of drug-likeness (QED) is 0.709. The normalized spacial score (nSPS) is 10.7. The van der Waals surface area contributed by atoms with Crippen LogP contribution in [0.2, 0.25) is 0 Å². The van der Waals surface area contributed by atoms with Crippen LogP contribution in [-0.2, 0) is 6.42 Å². The fraction of sp³-hybridized carbons (Fsp3) is 0.238. The maximum Gasteiger partial charge on any atom is 0.251 e. The summed E-state index contributed by atoms with van der Waals surface area (Å²) in [7, 11) is 0. The van der Waals surface area contributed by atoms with E-state index in [1.807, 2.05) is 55.1 Å². The Morgan fingerprint density at radius 1 is 1.12 bits per heavy atom. The van der Waals surface area contributed by atoms with Gasteiger partial charge in [-0.2, -0.15) is 5.10 Å². The van der Waals surface area contributed by atoms with Crippen molar-refractivity contribution in [2.24, 2.45) is 0 Å². The molecule has 0 aliphatic heterocycles. The van der Waals surface area contributed by atoms with Crippen molar-refractivity contribution in [2.45, 2.75) is 26.4 Å². The molecule has 1 N–H and O–H groups in total. The van der Waals surface area contributed by atoms with Crippen molar-refractivity contribution in [3.05, 3.63) is 78.1 Å². The molecule has 0 saturated carbocycles. The van der Waals surface area contributed by atoms with Gasteiger partial charge in [0.15, 0.2) is 0 Å². The van der Waals surface area contributed by atoms with Crippen molar-refractivity contribution >= 4 is 5.91 Å². The molecule has 0 atom stereocenters. The van der Waals surface area contributed by atoms with Gasteiger partial charge >= 0.3 is 0 Å². The number of nitrogens with one attached hydrogen (secondary N) is 1. The van der Waals surface area contributed by atoms with Crippen molar-refractivity contribution in [3.8, 4) is 11.4 Å². The van der Waals surface area contributed by atoms with E-state index in [1.54, 1.807) is 18.3 Å². The molecule has 0 radical (unpaired) electrons. The van der Waals surface area contributed by atoms with Crippen LogP contribution in [0.15, 0.2) is 67.0 Å². The van der Waals surface area contributed by atoms with E-state index in [0.717, 1.165) is 17.9 Å². The predicted octanol–water partition coefficient (Wildman–Crippen LogP) is 3.63. The Balaban J connectivity index is 1.49. The highest BCUT2D eigenvalue weighted by molar-refractivity contribution is 5.94. The molecule has 0 spiro atoms. The molecule has 3 rings (SSSR count). The van der Waals surface area contributed by atoms with Crippen LogP contribution in [0.25, 0.3) is 5.69 Å². The minimum Gasteiger partial charge on any atom is -0.491 e. The van der Waals surface area contributed by atoms with E-state index in [1.165, 1.54) is 5.56 Å². The number of carbonyl (C=O) groups is 1. The molecule has 5 nitrogen and oxygen atoms in total. The van der Waals surface area contributed by atoms with E-state index in [0.29, 0.717) is 12.1 Å². The SMILES string of the molecule is CC(C)Oc1ccc(C(=O)NCCc2ccc(-n3cccn3)cc2)cc1. The number of ether oxygens (including phenoxy) is 1. The highest BCUT2D eigenvalue weighted by atomic mass is 16.5. The van der Waals surface area contributed by atoms with Gasteiger partial charge in [0.25, 0.3) is 5.91 Å². The number of amides is 1. The van der Waals surface area contributed by atoms with Crippen molar-refractivity contribution in [2.75, 3.05) is 6.54 Å².